The average Bonchev–Trinajstić information content (AvgIpc) is 3.30. The molecule has 3 aromatic rings. The van der Waals surface area contributed by atoms with Crippen LogP contribution in [0.2, 0.25) is 0 Å². The van der Waals surface area contributed by atoms with E-state index in [1.807, 2.05) is 0 Å². The molecule has 1 saturated carbocycles. The fourth-order valence-electron chi connectivity index (χ4n) is 5.03. The first-order valence-corrected chi connectivity index (χ1v) is 14.2. The number of hydrogen-bond donors (Lipinski definition) is 1. The Kier molecular flexibility index (Phi) is 9.00. The van der Waals surface area contributed by atoms with Gasteiger partial charge >= 0.3 is 12.1 Å². The molecule has 12 heteroatoms. The summed E-state index contributed by atoms with van der Waals surface area (Å²) < 4.78 is 62.5. The maximum Gasteiger partial charge on any atom is 0.421 e. The summed E-state index contributed by atoms with van der Waals surface area (Å²) in [5.41, 5.74) is -1.10. The van der Waals surface area contributed by atoms with E-state index in [1.54, 1.807) is 26.2 Å². The fraction of sp³-hybridized carbons (Fsp3) is 0.448. The number of hydrogen-bond acceptors (Lipinski definition) is 6. The van der Waals surface area contributed by atoms with E-state index in [0.29, 0.717) is 24.5 Å². The van der Waals surface area contributed by atoms with Crippen LogP contribution in [0, 0.1) is 24.6 Å². The van der Waals surface area contributed by atoms with Gasteiger partial charge in [-0.2, -0.15) is 13.2 Å². The number of halogens is 4. The number of pyridine rings is 1. The van der Waals surface area contributed by atoms with E-state index < -0.39 is 46.8 Å². The van der Waals surface area contributed by atoms with Crippen LogP contribution in [0.1, 0.15) is 78.6 Å². The molecule has 1 amide bonds. The lowest BCUT2D eigenvalue weighted by atomic mass is 9.82. The van der Waals surface area contributed by atoms with Crippen LogP contribution in [-0.2, 0) is 17.4 Å². The normalized spacial score (nSPS) is 17.5. The van der Waals surface area contributed by atoms with Crippen molar-refractivity contribution in [1.82, 2.24) is 9.97 Å². The van der Waals surface area contributed by atoms with Crippen molar-refractivity contribution in [3.05, 3.63) is 63.0 Å². The molecule has 7 nitrogen and oxygen atoms in total. The number of benzene rings is 1. The smallest absolute Gasteiger partial charge is 0.421 e. The second-order valence-electron chi connectivity index (χ2n) is 10.7. The monoisotopic (exact) mass is 593 g/mol. The van der Waals surface area contributed by atoms with E-state index in [9.17, 15) is 27.9 Å². The molecule has 220 valence electrons. The van der Waals surface area contributed by atoms with Gasteiger partial charge in [-0.25, -0.2) is 19.2 Å². The van der Waals surface area contributed by atoms with Crippen LogP contribution in [-0.4, -0.2) is 33.0 Å². The number of rotatable bonds is 8. The van der Waals surface area contributed by atoms with Crippen LogP contribution >= 0.6 is 11.3 Å². The van der Waals surface area contributed by atoms with E-state index >= 15 is 4.39 Å². The molecule has 2 heterocycles. The molecular formula is C29H31F4N3O4S. The summed E-state index contributed by atoms with van der Waals surface area (Å²) in [6.07, 6.45) is -0.628. The number of alkyl halides is 3. The first kappa shape index (κ1) is 30.4. The van der Waals surface area contributed by atoms with Crippen molar-refractivity contribution in [1.29, 1.82) is 0 Å². The highest BCUT2D eigenvalue weighted by Gasteiger charge is 2.37. The third kappa shape index (κ3) is 7.03. The highest BCUT2D eigenvalue weighted by Crippen LogP contribution is 2.40. The number of nitrogens with zero attached hydrogens (tertiary/aromatic N) is 3. The Labute approximate surface area is 239 Å². The van der Waals surface area contributed by atoms with Crippen LogP contribution in [0.15, 0.2) is 29.8 Å². The summed E-state index contributed by atoms with van der Waals surface area (Å²) in [5, 5.41) is 12.5. The van der Waals surface area contributed by atoms with Gasteiger partial charge in [0.2, 0.25) is 11.8 Å². The molecule has 1 aromatic carbocycles. The molecule has 0 atom stereocenters. The second kappa shape index (κ2) is 12.1. The Bertz CT molecular complexity index is 1430. The lowest BCUT2D eigenvalue weighted by Crippen LogP contribution is -2.43. The van der Waals surface area contributed by atoms with Crippen molar-refractivity contribution in [2.75, 3.05) is 4.90 Å². The van der Waals surface area contributed by atoms with Crippen molar-refractivity contribution in [3.8, 4) is 11.6 Å². The van der Waals surface area contributed by atoms with Crippen molar-refractivity contribution < 1.29 is 37.0 Å². The van der Waals surface area contributed by atoms with Gasteiger partial charge in [0.05, 0.1) is 22.0 Å². The minimum Gasteiger partial charge on any atom is -0.478 e. The number of aryl methyl sites for hydroxylation is 1. The Hall–Kier alpha value is -3.54. The van der Waals surface area contributed by atoms with Crippen molar-refractivity contribution in [3.63, 3.8) is 0 Å². The molecule has 0 unspecified atom stereocenters. The molecular weight excluding hydrogens is 562 g/mol. The second-order valence-corrected chi connectivity index (χ2v) is 11.8. The fourth-order valence-corrected chi connectivity index (χ4v) is 5.64. The predicted octanol–water partition coefficient (Wildman–Crippen LogP) is 7.65. The van der Waals surface area contributed by atoms with Crippen molar-refractivity contribution >= 4 is 28.9 Å². The number of carbonyl (C=O) groups is 2. The zero-order valence-corrected chi connectivity index (χ0v) is 23.9. The number of carboxylic acid groups (broad SMARTS) is 1. The predicted molar refractivity (Wildman–Crippen MR) is 146 cm³/mol. The molecule has 41 heavy (non-hydrogen) atoms. The van der Waals surface area contributed by atoms with Crippen LogP contribution in [0.5, 0.6) is 11.6 Å². The minimum atomic E-state index is -4.89. The van der Waals surface area contributed by atoms with E-state index in [-0.39, 0.29) is 29.5 Å². The standard InChI is InChI=1S/C29H31F4N3O4S/c1-15(2)36(27(37)19-7-5-16(3)6-8-19)24-12-23(30)25(11-21(24)28(38)39)40-26-22(29(31,32)33)10-18(13-34-26)9-20-14-41-17(4)35-20/h10-16,19H,5-9H2,1-4H3,(H,38,39). The van der Waals surface area contributed by atoms with E-state index in [1.165, 1.54) is 22.4 Å². The quantitative estimate of drug-likeness (QED) is 0.270. The highest BCUT2D eigenvalue weighted by molar-refractivity contribution is 7.09. The Morgan fingerprint density at radius 1 is 1.17 bits per heavy atom. The number of amides is 1. The lowest BCUT2D eigenvalue weighted by Gasteiger charge is -2.34. The summed E-state index contributed by atoms with van der Waals surface area (Å²) in [6.45, 7) is 7.25. The molecule has 2 aromatic heterocycles. The van der Waals surface area contributed by atoms with Crippen LogP contribution in [0.4, 0.5) is 23.2 Å². The molecule has 1 aliphatic carbocycles. The number of carbonyl (C=O) groups excluding carboxylic acids is 1. The van der Waals surface area contributed by atoms with Gasteiger partial charge in [0.15, 0.2) is 11.6 Å². The molecule has 4 rings (SSSR count). The number of aromatic nitrogens is 2. The summed E-state index contributed by atoms with van der Waals surface area (Å²) in [6, 6.07) is 1.98. The molecule has 1 aliphatic rings. The van der Waals surface area contributed by atoms with Gasteiger partial charge in [-0.15, -0.1) is 11.3 Å². The zero-order valence-electron chi connectivity index (χ0n) is 23.1. The SMILES string of the molecule is Cc1nc(Cc2cnc(Oc3cc(C(=O)O)c(N(C(=O)C4CCC(C)CC4)C(C)C)cc3F)c(C(F)(F)F)c2)cs1. The number of ether oxygens (including phenoxy) is 1. The first-order chi connectivity index (χ1) is 19.2. The summed E-state index contributed by atoms with van der Waals surface area (Å²) >= 11 is 1.37. The maximum absolute atomic E-state index is 15.4. The Morgan fingerprint density at radius 3 is 2.41 bits per heavy atom. The van der Waals surface area contributed by atoms with Gasteiger partial charge in [0.1, 0.15) is 5.56 Å². The molecule has 0 radical (unpaired) electrons. The van der Waals surface area contributed by atoms with Gasteiger partial charge in [0, 0.05) is 42.1 Å². The third-order valence-corrected chi connectivity index (χ3v) is 7.95. The first-order valence-electron chi connectivity index (χ1n) is 13.3. The Morgan fingerprint density at radius 2 is 1.85 bits per heavy atom. The number of aromatic carboxylic acids is 1. The van der Waals surface area contributed by atoms with Gasteiger partial charge in [-0.3, -0.25) is 4.79 Å². The molecule has 1 fully saturated rings. The van der Waals surface area contributed by atoms with Crippen LogP contribution < -0.4 is 9.64 Å². The van der Waals surface area contributed by atoms with Gasteiger partial charge in [-0.1, -0.05) is 6.92 Å². The summed E-state index contributed by atoms with van der Waals surface area (Å²) in [4.78, 5) is 35.0. The van der Waals surface area contributed by atoms with E-state index in [0.717, 1.165) is 36.0 Å². The van der Waals surface area contributed by atoms with E-state index in [2.05, 4.69) is 16.9 Å². The van der Waals surface area contributed by atoms with Gasteiger partial charge in [-0.05, 0) is 64.0 Å². The number of carboxylic acids is 1. The Balaban J connectivity index is 1.69. The topological polar surface area (TPSA) is 92.6 Å². The average molecular weight is 594 g/mol. The number of thiazole rings is 1. The largest absolute Gasteiger partial charge is 0.478 e. The maximum atomic E-state index is 15.4. The minimum absolute atomic E-state index is 0.103. The summed E-state index contributed by atoms with van der Waals surface area (Å²) in [5.74, 6) is -4.46. The van der Waals surface area contributed by atoms with Crippen LogP contribution in [0.25, 0.3) is 0 Å². The van der Waals surface area contributed by atoms with Gasteiger partial charge in [0.25, 0.3) is 0 Å². The molecule has 0 bridgehead atoms. The molecule has 0 spiro atoms. The lowest BCUT2D eigenvalue weighted by molar-refractivity contribution is -0.139. The highest BCUT2D eigenvalue weighted by atomic mass is 32.1. The zero-order chi connectivity index (χ0) is 30.1. The van der Waals surface area contributed by atoms with Crippen LogP contribution in [0.3, 0.4) is 0 Å². The van der Waals surface area contributed by atoms with Gasteiger partial charge < -0.3 is 14.7 Å². The third-order valence-electron chi connectivity index (χ3n) is 7.13. The molecule has 0 aliphatic heterocycles. The number of anilines is 1. The summed E-state index contributed by atoms with van der Waals surface area (Å²) in [7, 11) is 0. The van der Waals surface area contributed by atoms with Crippen molar-refractivity contribution in [2.24, 2.45) is 11.8 Å². The molecule has 1 N–H and O–H groups in total. The molecule has 0 saturated heterocycles. The van der Waals surface area contributed by atoms with Crippen molar-refractivity contribution in [2.45, 2.75) is 72.0 Å². The van der Waals surface area contributed by atoms with E-state index in [4.69, 9.17) is 4.74 Å².